The fourth-order valence-electron chi connectivity index (χ4n) is 3.41. The van der Waals surface area contributed by atoms with Gasteiger partial charge < -0.3 is 15.5 Å². The van der Waals surface area contributed by atoms with E-state index in [2.05, 4.69) is 16.7 Å². The van der Waals surface area contributed by atoms with Crippen LogP contribution in [-0.2, 0) is 9.59 Å². The summed E-state index contributed by atoms with van der Waals surface area (Å²) in [5.74, 6) is -0.471. The second kappa shape index (κ2) is 7.36. The minimum Gasteiger partial charge on any atom is -0.352 e. The second-order valence-corrected chi connectivity index (χ2v) is 6.79. The summed E-state index contributed by atoms with van der Waals surface area (Å²) in [7, 11) is 1.75. The Balaban J connectivity index is 1.73. The van der Waals surface area contributed by atoms with E-state index in [4.69, 9.17) is 11.6 Å². The Morgan fingerprint density at radius 3 is 3.00 bits per heavy atom. The molecule has 5 nitrogen and oxygen atoms in total. The van der Waals surface area contributed by atoms with Gasteiger partial charge in [-0.25, -0.2) is 0 Å². The Hall–Kier alpha value is -1.85. The smallest absolute Gasteiger partial charge is 0.226 e. The number of nitrogens with one attached hydrogen (secondary N) is 2. The largest absolute Gasteiger partial charge is 0.352 e. The molecule has 0 radical (unpaired) electrons. The zero-order valence-corrected chi connectivity index (χ0v) is 14.5. The van der Waals surface area contributed by atoms with Crippen molar-refractivity contribution >= 4 is 23.4 Å². The molecule has 0 aliphatic carbocycles. The third-order valence-electron chi connectivity index (χ3n) is 4.76. The summed E-state index contributed by atoms with van der Waals surface area (Å²) in [4.78, 5) is 26.5. The molecular weight excluding hydrogens is 326 g/mol. The molecule has 0 bridgehead atoms. The Morgan fingerprint density at radius 2 is 2.29 bits per heavy atom. The lowest BCUT2D eigenvalue weighted by molar-refractivity contribution is -0.128. The van der Waals surface area contributed by atoms with Gasteiger partial charge in [0.05, 0.1) is 12.0 Å². The van der Waals surface area contributed by atoms with Crippen LogP contribution < -0.4 is 10.6 Å². The lowest BCUT2D eigenvalue weighted by Crippen LogP contribution is -2.36. The van der Waals surface area contributed by atoms with E-state index >= 15 is 0 Å². The number of halogens is 1. The normalized spacial score (nSPS) is 24.0. The van der Waals surface area contributed by atoms with Crippen molar-refractivity contribution in [2.75, 3.05) is 26.7 Å². The first-order chi connectivity index (χ1) is 11.6. The molecule has 2 aliphatic rings. The van der Waals surface area contributed by atoms with Crippen LogP contribution in [0.15, 0.2) is 35.9 Å². The van der Waals surface area contributed by atoms with Crippen molar-refractivity contribution in [2.45, 2.75) is 18.9 Å². The van der Waals surface area contributed by atoms with Gasteiger partial charge in [-0.2, -0.15) is 0 Å². The number of carbonyl (C=O) groups is 2. The standard InChI is InChI=1S/C18H22ClN3O2/c1-22-16(23)10-15(17(22)13-3-2-4-14(19)9-13)18(24)21-11-12-5-7-20-8-6-12/h2-5,9,15,17,20H,6-8,10-11H2,1H3,(H,21,24). The van der Waals surface area contributed by atoms with Crippen molar-refractivity contribution < 1.29 is 9.59 Å². The number of nitrogens with zero attached hydrogens (tertiary/aromatic N) is 1. The second-order valence-electron chi connectivity index (χ2n) is 6.35. The first kappa shape index (κ1) is 17.0. The molecule has 128 valence electrons. The topological polar surface area (TPSA) is 61.4 Å². The van der Waals surface area contributed by atoms with E-state index in [-0.39, 0.29) is 30.2 Å². The molecule has 0 saturated carbocycles. The molecule has 2 amide bonds. The molecule has 2 unspecified atom stereocenters. The number of benzene rings is 1. The fourth-order valence-corrected chi connectivity index (χ4v) is 3.61. The van der Waals surface area contributed by atoms with Crippen molar-refractivity contribution in [2.24, 2.45) is 5.92 Å². The maximum absolute atomic E-state index is 12.7. The Kier molecular flexibility index (Phi) is 5.21. The van der Waals surface area contributed by atoms with Crippen LogP contribution in [-0.4, -0.2) is 43.4 Å². The predicted octanol–water partition coefficient (Wildman–Crippen LogP) is 1.90. The number of hydrogen-bond acceptors (Lipinski definition) is 3. The van der Waals surface area contributed by atoms with Crippen molar-refractivity contribution in [3.63, 3.8) is 0 Å². The van der Waals surface area contributed by atoms with Gasteiger partial charge in [0.2, 0.25) is 11.8 Å². The van der Waals surface area contributed by atoms with Crippen LogP contribution in [0, 0.1) is 5.92 Å². The van der Waals surface area contributed by atoms with Crippen LogP contribution in [0.1, 0.15) is 24.4 Å². The summed E-state index contributed by atoms with van der Waals surface area (Å²) >= 11 is 6.08. The molecule has 6 heteroatoms. The van der Waals surface area contributed by atoms with E-state index in [1.807, 2.05) is 18.2 Å². The minimum absolute atomic E-state index is 0.0128. The van der Waals surface area contributed by atoms with Crippen LogP contribution in [0.4, 0.5) is 0 Å². The molecule has 2 aliphatic heterocycles. The number of rotatable bonds is 4. The summed E-state index contributed by atoms with van der Waals surface area (Å²) in [5.41, 5.74) is 2.14. The van der Waals surface area contributed by atoms with Gasteiger partial charge in [0.25, 0.3) is 0 Å². The van der Waals surface area contributed by atoms with Crippen molar-refractivity contribution in [3.8, 4) is 0 Å². The van der Waals surface area contributed by atoms with Gasteiger partial charge in [0, 0.05) is 31.6 Å². The summed E-state index contributed by atoms with van der Waals surface area (Å²) < 4.78 is 0. The highest BCUT2D eigenvalue weighted by Gasteiger charge is 2.42. The third kappa shape index (κ3) is 3.62. The summed E-state index contributed by atoms with van der Waals surface area (Å²) in [6.45, 7) is 2.34. The van der Waals surface area contributed by atoms with Crippen molar-refractivity contribution in [1.82, 2.24) is 15.5 Å². The molecule has 3 rings (SSSR count). The van der Waals surface area contributed by atoms with Gasteiger partial charge in [0.15, 0.2) is 0 Å². The first-order valence-corrected chi connectivity index (χ1v) is 8.61. The zero-order chi connectivity index (χ0) is 17.1. The molecule has 2 atom stereocenters. The molecule has 1 aromatic carbocycles. The Labute approximate surface area is 147 Å². The molecule has 2 heterocycles. The molecule has 24 heavy (non-hydrogen) atoms. The van der Waals surface area contributed by atoms with Crippen molar-refractivity contribution in [3.05, 3.63) is 46.5 Å². The van der Waals surface area contributed by atoms with Crippen LogP contribution in [0.25, 0.3) is 0 Å². The molecule has 0 spiro atoms. The van der Waals surface area contributed by atoms with Gasteiger partial charge in [-0.1, -0.05) is 35.4 Å². The molecule has 0 aromatic heterocycles. The molecular formula is C18H22ClN3O2. The van der Waals surface area contributed by atoms with E-state index in [0.717, 1.165) is 25.1 Å². The van der Waals surface area contributed by atoms with E-state index in [1.165, 1.54) is 5.57 Å². The number of hydrogen-bond donors (Lipinski definition) is 2. The van der Waals surface area contributed by atoms with Crippen LogP contribution >= 0.6 is 11.6 Å². The number of carbonyl (C=O) groups excluding carboxylic acids is 2. The highest BCUT2D eigenvalue weighted by atomic mass is 35.5. The lowest BCUT2D eigenvalue weighted by atomic mass is 9.92. The maximum Gasteiger partial charge on any atom is 0.226 e. The van der Waals surface area contributed by atoms with Gasteiger partial charge in [0.1, 0.15) is 0 Å². The van der Waals surface area contributed by atoms with Crippen molar-refractivity contribution in [1.29, 1.82) is 0 Å². The molecule has 1 aromatic rings. The molecule has 2 N–H and O–H groups in total. The lowest BCUT2D eigenvalue weighted by Gasteiger charge is -2.25. The summed E-state index contributed by atoms with van der Waals surface area (Å²) in [5, 5.41) is 6.86. The quantitative estimate of drug-likeness (QED) is 0.818. The Bertz CT molecular complexity index is 674. The predicted molar refractivity (Wildman–Crippen MR) is 93.6 cm³/mol. The van der Waals surface area contributed by atoms with Gasteiger partial charge in [-0.05, 0) is 30.7 Å². The number of likely N-dealkylation sites (tertiary alicyclic amines) is 1. The van der Waals surface area contributed by atoms with Gasteiger partial charge >= 0.3 is 0 Å². The van der Waals surface area contributed by atoms with E-state index < -0.39 is 0 Å². The van der Waals surface area contributed by atoms with E-state index in [1.54, 1.807) is 18.0 Å². The van der Waals surface area contributed by atoms with Gasteiger partial charge in [-0.3, -0.25) is 9.59 Å². The monoisotopic (exact) mass is 347 g/mol. The SMILES string of the molecule is CN1C(=O)CC(C(=O)NCC2=CCNCC2)C1c1cccc(Cl)c1. The van der Waals surface area contributed by atoms with Crippen LogP contribution in [0.2, 0.25) is 5.02 Å². The fraction of sp³-hybridized carbons (Fsp3) is 0.444. The number of amides is 2. The average molecular weight is 348 g/mol. The van der Waals surface area contributed by atoms with Gasteiger partial charge in [-0.15, -0.1) is 0 Å². The highest BCUT2D eigenvalue weighted by Crippen LogP contribution is 2.37. The summed E-state index contributed by atoms with van der Waals surface area (Å²) in [6, 6.07) is 7.13. The molecule has 1 saturated heterocycles. The average Bonchev–Trinajstić information content (AvgIpc) is 2.89. The van der Waals surface area contributed by atoms with E-state index in [9.17, 15) is 9.59 Å². The minimum atomic E-state index is -0.386. The van der Waals surface area contributed by atoms with Crippen LogP contribution in [0.5, 0.6) is 0 Å². The van der Waals surface area contributed by atoms with Crippen LogP contribution in [0.3, 0.4) is 0 Å². The highest BCUT2D eigenvalue weighted by molar-refractivity contribution is 6.30. The Morgan fingerprint density at radius 1 is 1.46 bits per heavy atom. The molecule has 1 fully saturated rings. The maximum atomic E-state index is 12.7. The van der Waals surface area contributed by atoms with E-state index in [0.29, 0.717) is 11.6 Å². The third-order valence-corrected chi connectivity index (χ3v) is 5.00. The first-order valence-electron chi connectivity index (χ1n) is 8.23. The zero-order valence-electron chi connectivity index (χ0n) is 13.7. The summed E-state index contributed by atoms with van der Waals surface area (Å²) in [6.07, 6.45) is 3.30.